The number of nitrogens with one attached hydrogen (secondary N) is 1. The number of rotatable bonds is 7. The first-order valence-electron chi connectivity index (χ1n) is 8.95. The Morgan fingerprint density at radius 1 is 1.15 bits per heavy atom. The Bertz CT molecular complexity index is 776. The summed E-state index contributed by atoms with van der Waals surface area (Å²) in [6.45, 7) is 10.5. The van der Waals surface area contributed by atoms with Crippen LogP contribution in [0.1, 0.15) is 61.3 Å². The molecule has 1 heterocycles. The summed E-state index contributed by atoms with van der Waals surface area (Å²) < 4.78 is 6.79. The highest BCUT2D eigenvalue weighted by Crippen LogP contribution is 2.23. The van der Waals surface area contributed by atoms with Crippen molar-refractivity contribution in [2.45, 2.75) is 53.4 Å². The van der Waals surface area contributed by atoms with Gasteiger partial charge in [0, 0.05) is 24.2 Å². The van der Waals surface area contributed by atoms with Gasteiger partial charge in [-0.3, -0.25) is 9.59 Å². The minimum atomic E-state index is -0.201. The SMILES string of the molecule is CCOc1ccc(NC(=O)CCC(=O)n2nc(C)c(C(C)C)c2C)cc1. The quantitative estimate of drug-likeness (QED) is 0.810. The van der Waals surface area contributed by atoms with Crippen molar-refractivity contribution in [1.82, 2.24) is 9.78 Å². The van der Waals surface area contributed by atoms with Gasteiger partial charge in [0.1, 0.15) is 5.75 Å². The first-order chi connectivity index (χ1) is 12.3. The van der Waals surface area contributed by atoms with Crippen molar-refractivity contribution in [3.63, 3.8) is 0 Å². The molecule has 1 amide bonds. The van der Waals surface area contributed by atoms with Crippen molar-refractivity contribution in [3.05, 3.63) is 41.2 Å². The molecular formula is C20H27N3O3. The van der Waals surface area contributed by atoms with Gasteiger partial charge < -0.3 is 10.1 Å². The molecule has 0 bridgehead atoms. The van der Waals surface area contributed by atoms with E-state index in [2.05, 4.69) is 24.3 Å². The maximum absolute atomic E-state index is 12.4. The van der Waals surface area contributed by atoms with E-state index in [1.165, 1.54) is 4.68 Å². The minimum absolute atomic E-state index is 0.113. The lowest BCUT2D eigenvalue weighted by atomic mass is 10.0. The first kappa shape index (κ1) is 19.7. The van der Waals surface area contributed by atoms with Gasteiger partial charge in [-0.05, 0) is 56.5 Å². The number of carbonyl (C=O) groups is 2. The van der Waals surface area contributed by atoms with Crippen molar-refractivity contribution in [3.8, 4) is 5.75 Å². The molecule has 140 valence electrons. The average Bonchev–Trinajstić information content (AvgIpc) is 2.89. The van der Waals surface area contributed by atoms with Crippen molar-refractivity contribution in [2.75, 3.05) is 11.9 Å². The van der Waals surface area contributed by atoms with Crippen molar-refractivity contribution in [1.29, 1.82) is 0 Å². The summed E-state index contributed by atoms with van der Waals surface area (Å²) in [6, 6.07) is 7.16. The molecule has 0 spiro atoms. The number of hydrogen-bond acceptors (Lipinski definition) is 4. The molecule has 2 rings (SSSR count). The van der Waals surface area contributed by atoms with Crippen molar-refractivity contribution < 1.29 is 14.3 Å². The van der Waals surface area contributed by atoms with E-state index in [0.717, 1.165) is 22.7 Å². The molecule has 0 radical (unpaired) electrons. The molecule has 0 unspecified atom stereocenters. The molecule has 1 aromatic carbocycles. The summed E-state index contributed by atoms with van der Waals surface area (Å²) in [5, 5.41) is 7.13. The van der Waals surface area contributed by atoms with Crippen LogP contribution in [0.25, 0.3) is 0 Å². The number of aromatic nitrogens is 2. The lowest BCUT2D eigenvalue weighted by Gasteiger charge is -2.08. The Kier molecular flexibility index (Phi) is 6.55. The second-order valence-electron chi connectivity index (χ2n) is 6.55. The van der Waals surface area contributed by atoms with Gasteiger partial charge in [0.15, 0.2) is 0 Å². The van der Waals surface area contributed by atoms with E-state index < -0.39 is 0 Å². The zero-order valence-corrected chi connectivity index (χ0v) is 16.1. The highest BCUT2D eigenvalue weighted by molar-refractivity contribution is 5.93. The molecular weight excluding hydrogens is 330 g/mol. The third-order valence-corrected chi connectivity index (χ3v) is 4.18. The van der Waals surface area contributed by atoms with Crippen LogP contribution in [0, 0.1) is 13.8 Å². The molecule has 0 fully saturated rings. The Labute approximate surface area is 154 Å². The zero-order chi connectivity index (χ0) is 19.3. The monoisotopic (exact) mass is 357 g/mol. The molecule has 0 saturated heterocycles. The summed E-state index contributed by atoms with van der Waals surface area (Å²) >= 11 is 0. The summed E-state index contributed by atoms with van der Waals surface area (Å²) in [4.78, 5) is 24.5. The highest BCUT2D eigenvalue weighted by Gasteiger charge is 2.19. The second kappa shape index (κ2) is 8.65. The Morgan fingerprint density at radius 3 is 2.35 bits per heavy atom. The standard InChI is InChI=1S/C20H27N3O3/c1-6-26-17-9-7-16(8-10-17)21-18(24)11-12-19(25)23-15(5)20(13(2)3)14(4)22-23/h7-10,13H,6,11-12H2,1-5H3,(H,21,24). The normalized spacial score (nSPS) is 10.8. The highest BCUT2D eigenvalue weighted by atomic mass is 16.5. The molecule has 2 aromatic rings. The van der Waals surface area contributed by atoms with E-state index in [1.807, 2.05) is 20.8 Å². The van der Waals surface area contributed by atoms with Gasteiger partial charge >= 0.3 is 0 Å². The summed E-state index contributed by atoms with van der Waals surface area (Å²) in [5.74, 6) is 0.693. The molecule has 1 N–H and O–H groups in total. The third-order valence-electron chi connectivity index (χ3n) is 4.18. The lowest BCUT2D eigenvalue weighted by molar-refractivity contribution is -0.116. The number of amides is 1. The van der Waals surface area contributed by atoms with Crippen LogP contribution in [0.3, 0.4) is 0 Å². The average molecular weight is 357 g/mol. The number of carbonyl (C=O) groups excluding carboxylic acids is 2. The smallest absolute Gasteiger partial charge is 0.247 e. The van der Waals surface area contributed by atoms with Gasteiger partial charge in [-0.1, -0.05) is 13.8 Å². The van der Waals surface area contributed by atoms with Crippen LogP contribution in [0.4, 0.5) is 5.69 Å². The molecule has 0 aliphatic rings. The molecule has 0 aliphatic heterocycles. The van der Waals surface area contributed by atoms with Gasteiger partial charge in [-0.2, -0.15) is 5.10 Å². The Hall–Kier alpha value is -2.63. The number of ether oxygens (including phenoxy) is 1. The second-order valence-corrected chi connectivity index (χ2v) is 6.55. The van der Waals surface area contributed by atoms with E-state index in [0.29, 0.717) is 18.2 Å². The fraction of sp³-hybridized carbons (Fsp3) is 0.450. The van der Waals surface area contributed by atoms with Crippen molar-refractivity contribution >= 4 is 17.5 Å². The largest absolute Gasteiger partial charge is 0.494 e. The molecule has 26 heavy (non-hydrogen) atoms. The van der Waals surface area contributed by atoms with E-state index in [4.69, 9.17) is 4.74 Å². The predicted molar refractivity (Wildman–Crippen MR) is 102 cm³/mol. The Balaban J connectivity index is 1.93. The summed E-state index contributed by atoms with van der Waals surface area (Å²) in [5.41, 5.74) is 3.50. The van der Waals surface area contributed by atoms with Crippen LogP contribution in [-0.4, -0.2) is 28.2 Å². The number of benzene rings is 1. The maximum Gasteiger partial charge on any atom is 0.247 e. The lowest BCUT2D eigenvalue weighted by Crippen LogP contribution is -2.18. The predicted octanol–water partition coefficient (Wildman–Crippen LogP) is 4.08. The maximum atomic E-state index is 12.4. The van der Waals surface area contributed by atoms with Gasteiger partial charge in [0.25, 0.3) is 0 Å². The number of aryl methyl sites for hydroxylation is 1. The fourth-order valence-electron chi connectivity index (χ4n) is 3.08. The summed E-state index contributed by atoms with van der Waals surface area (Å²) in [7, 11) is 0. The number of anilines is 1. The Morgan fingerprint density at radius 2 is 1.81 bits per heavy atom. The van der Waals surface area contributed by atoms with Crippen LogP contribution >= 0.6 is 0 Å². The van der Waals surface area contributed by atoms with Crippen LogP contribution in [0.15, 0.2) is 24.3 Å². The van der Waals surface area contributed by atoms with E-state index in [9.17, 15) is 9.59 Å². The zero-order valence-electron chi connectivity index (χ0n) is 16.1. The van der Waals surface area contributed by atoms with Gasteiger partial charge in [0.05, 0.1) is 12.3 Å². The topological polar surface area (TPSA) is 73.2 Å². The van der Waals surface area contributed by atoms with Crippen molar-refractivity contribution in [2.24, 2.45) is 0 Å². The van der Waals surface area contributed by atoms with Gasteiger partial charge in [-0.25, -0.2) is 4.68 Å². The first-order valence-corrected chi connectivity index (χ1v) is 8.95. The van der Waals surface area contributed by atoms with E-state index >= 15 is 0 Å². The molecule has 6 nitrogen and oxygen atoms in total. The molecule has 1 aromatic heterocycles. The van der Waals surface area contributed by atoms with Crippen LogP contribution < -0.4 is 10.1 Å². The van der Waals surface area contributed by atoms with Gasteiger partial charge in [-0.15, -0.1) is 0 Å². The molecule has 0 saturated carbocycles. The van der Waals surface area contributed by atoms with E-state index in [-0.39, 0.29) is 24.7 Å². The molecule has 0 aliphatic carbocycles. The van der Waals surface area contributed by atoms with E-state index in [1.54, 1.807) is 24.3 Å². The third kappa shape index (κ3) is 4.71. The van der Waals surface area contributed by atoms with Crippen LogP contribution in [0.5, 0.6) is 5.75 Å². The fourth-order valence-corrected chi connectivity index (χ4v) is 3.08. The van der Waals surface area contributed by atoms with Crippen LogP contribution in [0.2, 0.25) is 0 Å². The molecule has 6 heteroatoms. The van der Waals surface area contributed by atoms with Crippen LogP contribution in [-0.2, 0) is 4.79 Å². The summed E-state index contributed by atoms with van der Waals surface area (Å²) in [6.07, 6.45) is 0.226. The minimum Gasteiger partial charge on any atom is -0.494 e. The van der Waals surface area contributed by atoms with Gasteiger partial charge in [0.2, 0.25) is 11.8 Å². The number of hydrogen-bond donors (Lipinski definition) is 1. The number of nitrogens with zero attached hydrogens (tertiary/aromatic N) is 2. The molecule has 0 atom stereocenters.